The van der Waals surface area contributed by atoms with Gasteiger partial charge in [0.25, 0.3) is 5.91 Å². The van der Waals surface area contributed by atoms with Gasteiger partial charge in [0, 0.05) is 18.7 Å². The van der Waals surface area contributed by atoms with E-state index in [1.165, 1.54) is 24.3 Å². The number of benzene rings is 1. The summed E-state index contributed by atoms with van der Waals surface area (Å²) in [4.78, 5) is 37.8. The highest BCUT2D eigenvalue weighted by atomic mass is 35.5. The number of anilines is 1. The number of amides is 2. The molecule has 1 N–H and O–H groups in total. The largest absolute Gasteiger partial charge is 0.495 e. The molecule has 0 unspecified atom stereocenters. The number of ether oxygens (including phenoxy) is 2. The van der Waals surface area contributed by atoms with Crippen LogP contribution in [-0.2, 0) is 25.7 Å². The Kier molecular flexibility index (Phi) is 6.20. The van der Waals surface area contributed by atoms with E-state index in [9.17, 15) is 14.4 Å². The Hall–Kier alpha value is -3.00. The summed E-state index contributed by atoms with van der Waals surface area (Å²) in [5.41, 5.74) is 0.451. The molecule has 0 saturated carbocycles. The molecule has 1 aromatic carbocycles. The summed E-state index contributed by atoms with van der Waals surface area (Å²) >= 11 is 6.00. The molecule has 3 rings (SSSR count). The van der Waals surface area contributed by atoms with E-state index in [0.717, 1.165) is 0 Å². The summed E-state index contributed by atoms with van der Waals surface area (Å²) < 4.78 is 15.3. The van der Waals surface area contributed by atoms with Gasteiger partial charge in [-0.1, -0.05) is 11.6 Å². The number of esters is 1. The van der Waals surface area contributed by atoms with E-state index in [0.29, 0.717) is 28.8 Å². The van der Waals surface area contributed by atoms with Gasteiger partial charge in [0.1, 0.15) is 11.5 Å². The lowest BCUT2D eigenvalue weighted by molar-refractivity contribution is -0.151. The van der Waals surface area contributed by atoms with E-state index in [1.807, 2.05) is 0 Å². The zero-order valence-corrected chi connectivity index (χ0v) is 15.9. The second-order valence-electron chi connectivity index (χ2n) is 6.26. The third kappa shape index (κ3) is 4.83. The van der Waals surface area contributed by atoms with Crippen LogP contribution >= 0.6 is 11.6 Å². The number of halogens is 1. The summed E-state index contributed by atoms with van der Waals surface area (Å²) in [6, 6.07) is 8.25. The number of nitrogens with one attached hydrogen (secondary N) is 1. The van der Waals surface area contributed by atoms with Crippen LogP contribution in [0.15, 0.2) is 41.0 Å². The van der Waals surface area contributed by atoms with E-state index in [1.54, 1.807) is 24.3 Å². The number of methoxy groups -OCH3 is 1. The summed E-state index contributed by atoms with van der Waals surface area (Å²) in [6.45, 7) is 0.0771. The van der Waals surface area contributed by atoms with Crippen molar-refractivity contribution < 1.29 is 28.3 Å². The molecule has 8 nitrogen and oxygen atoms in total. The zero-order valence-electron chi connectivity index (χ0n) is 15.1. The number of rotatable bonds is 7. The molecule has 1 saturated heterocycles. The molecular weight excluding hydrogens is 388 g/mol. The molecule has 1 aromatic heterocycles. The smallest absolute Gasteiger partial charge is 0.311 e. The molecule has 0 spiro atoms. The number of nitrogens with zero attached hydrogens (tertiary/aromatic N) is 1. The monoisotopic (exact) mass is 406 g/mol. The number of hydrogen-bond acceptors (Lipinski definition) is 6. The second kappa shape index (κ2) is 8.79. The highest BCUT2D eigenvalue weighted by Crippen LogP contribution is 2.27. The number of carbonyl (C=O) groups is 3. The maximum absolute atomic E-state index is 12.2. The van der Waals surface area contributed by atoms with Gasteiger partial charge in [-0.2, -0.15) is 0 Å². The molecule has 1 atom stereocenters. The van der Waals surface area contributed by atoms with Gasteiger partial charge in [-0.05, 0) is 30.3 Å². The second-order valence-corrected chi connectivity index (χ2v) is 6.67. The first-order chi connectivity index (χ1) is 13.5. The first kappa shape index (κ1) is 19.8. The van der Waals surface area contributed by atoms with Crippen LogP contribution in [0.1, 0.15) is 12.2 Å². The average Bonchev–Trinajstić information content (AvgIpc) is 3.30. The van der Waals surface area contributed by atoms with Gasteiger partial charge in [0.05, 0.1) is 30.9 Å². The van der Waals surface area contributed by atoms with Crippen LogP contribution in [0.2, 0.25) is 5.02 Å². The lowest BCUT2D eigenvalue weighted by atomic mass is 10.1. The maximum Gasteiger partial charge on any atom is 0.311 e. The van der Waals surface area contributed by atoms with Gasteiger partial charge < -0.3 is 24.1 Å². The first-order valence-corrected chi connectivity index (χ1v) is 8.94. The number of hydrogen-bond donors (Lipinski definition) is 1. The van der Waals surface area contributed by atoms with Crippen molar-refractivity contribution in [2.24, 2.45) is 5.92 Å². The summed E-state index contributed by atoms with van der Waals surface area (Å²) in [6.07, 6.45) is 1.57. The van der Waals surface area contributed by atoms with Crippen LogP contribution in [0.4, 0.5) is 5.69 Å². The molecule has 0 radical (unpaired) electrons. The molecule has 1 aliphatic heterocycles. The Balaban J connectivity index is 1.46. The quantitative estimate of drug-likeness (QED) is 0.709. The lowest BCUT2D eigenvalue weighted by Gasteiger charge is -2.14. The molecule has 2 amide bonds. The third-order valence-corrected chi connectivity index (χ3v) is 4.55. The van der Waals surface area contributed by atoms with Crippen molar-refractivity contribution in [3.8, 4) is 5.75 Å². The normalized spacial score (nSPS) is 16.1. The van der Waals surface area contributed by atoms with E-state index in [-0.39, 0.29) is 18.9 Å². The topological polar surface area (TPSA) is 98.1 Å². The Morgan fingerprint density at radius 3 is 2.86 bits per heavy atom. The summed E-state index contributed by atoms with van der Waals surface area (Å²) in [7, 11) is 1.49. The number of furan rings is 1. The molecule has 9 heteroatoms. The van der Waals surface area contributed by atoms with Crippen LogP contribution in [0.3, 0.4) is 0 Å². The van der Waals surface area contributed by atoms with Gasteiger partial charge in [0.2, 0.25) is 5.91 Å². The molecule has 148 valence electrons. The van der Waals surface area contributed by atoms with Crippen molar-refractivity contribution in [3.05, 3.63) is 47.4 Å². The summed E-state index contributed by atoms with van der Waals surface area (Å²) in [5.74, 6) is -0.734. The van der Waals surface area contributed by atoms with Gasteiger partial charge in [0.15, 0.2) is 6.61 Å². The Morgan fingerprint density at radius 2 is 2.18 bits per heavy atom. The molecule has 0 bridgehead atoms. The minimum Gasteiger partial charge on any atom is -0.495 e. The third-order valence-electron chi connectivity index (χ3n) is 4.26. The van der Waals surface area contributed by atoms with E-state index >= 15 is 0 Å². The molecule has 1 aliphatic rings. The Bertz CT molecular complexity index is 867. The predicted molar refractivity (Wildman–Crippen MR) is 99.8 cm³/mol. The highest BCUT2D eigenvalue weighted by Gasteiger charge is 2.35. The Morgan fingerprint density at radius 1 is 1.36 bits per heavy atom. The minimum absolute atomic E-state index is 0.0508. The Labute approximate surface area is 166 Å². The van der Waals surface area contributed by atoms with Gasteiger partial charge in [-0.3, -0.25) is 14.4 Å². The van der Waals surface area contributed by atoms with Crippen LogP contribution < -0.4 is 10.1 Å². The zero-order chi connectivity index (χ0) is 20.1. The lowest BCUT2D eigenvalue weighted by Crippen LogP contribution is -2.28. The van der Waals surface area contributed by atoms with Crippen molar-refractivity contribution in [2.75, 3.05) is 25.6 Å². The van der Waals surface area contributed by atoms with E-state index in [2.05, 4.69) is 5.32 Å². The summed E-state index contributed by atoms with van der Waals surface area (Å²) in [5, 5.41) is 2.93. The fourth-order valence-electron chi connectivity index (χ4n) is 2.87. The van der Waals surface area contributed by atoms with Crippen molar-refractivity contribution in [1.29, 1.82) is 0 Å². The molecule has 1 fully saturated rings. The van der Waals surface area contributed by atoms with Gasteiger partial charge in [-0.15, -0.1) is 0 Å². The standard InChI is InChI=1S/C19H19ClN2O6/c1-26-16-5-4-13(8-15(16)20)21-17(23)11-28-19(25)12-7-18(24)22(9-12)10-14-3-2-6-27-14/h2-6,8,12H,7,9-11H2,1H3,(H,21,23)/t12-/m0/s1. The number of likely N-dealkylation sites (tertiary alicyclic amines) is 1. The average molecular weight is 407 g/mol. The highest BCUT2D eigenvalue weighted by molar-refractivity contribution is 6.32. The number of carbonyl (C=O) groups excluding carboxylic acids is 3. The molecular formula is C19H19ClN2O6. The molecule has 2 aromatic rings. The van der Waals surface area contributed by atoms with Gasteiger partial charge >= 0.3 is 5.97 Å². The van der Waals surface area contributed by atoms with Crippen LogP contribution in [0.5, 0.6) is 5.75 Å². The van der Waals surface area contributed by atoms with E-state index < -0.39 is 24.4 Å². The molecule has 28 heavy (non-hydrogen) atoms. The SMILES string of the molecule is COc1ccc(NC(=O)COC(=O)[C@H]2CC(=O)N(Cc3ccco3)C2)cc1Cl. The fourth-order valence-corrected chi connectivity index (χ4v) is 3.13. The van der Waals surface area contributed by atoms with Crippen molar-refractivity contribution in [3.63, 3.8) is 0 Å². The van der Waals surface area contributed by atoms with Crippen molar-refractivity contribution >= 4 is 35.1 Å². The fraction of sp³-hybridized carbons (Fsp3) is 0.316. The predicted octanol–water partition coefficient (Wildman–Crippen LogP) is 2.47. The maximum atomic E-state index is 12.2. The van der Waals surface area contributed by atoms with Crippen LogP contribution in [0.25, 0.3) is 0 Å². The van der Waals surface area contributed by atoms with Crippen LogP contribution in [0, 0.1) is 5.92 Å². The molecule has 2 heterocycles. The van der Waals surface area contributed by atoms with Gasteiger partial charge in [-0.25, -0.2) is 0 Å². The minimum atomic E-state index is -0.606. The van der Waals surface area contributed by atoms with Crippen molar-refractivity contribution in [1.82, 2.24) is 4.90 Å². The van der Waals surface area contributed by atoms with Crippen molar-refractivity contribution in [2.45, 2.75) is 13.0 Å². The molecule has 0 aliphatic carbocycles. The van der Waals surface area contributed by atoms with E-state index in [4.69, 9.17) is 25.5 Å². The van der Waals surface area contributed by atoms with Crippen LogP contribution in [-0.4, -0.2) is 42.9 Å². The first-order valence-electron chi connectivity index (χ1n) is 8.56.